The molecular weight excluding hydrogens is 309 g/mol. The highest BCUT2D eigenvalue weighted by Crippen LogP contribution is 2.46. The van der Waals surface area contributed by atoms with Gasteiger partial charge in [-0.15, -0.1) is 0 Å². The molecule has 1 aromatic carbocycles. The molecular formula is C16H21F3N2O2. The van der Waals surface area contributed by atoms with Crippen LogP contribution in [0.15, 0.2) is 12.1 Å². The van der Waals surface area contributed by atoms with Gasteiger partial charge < -0.3 is 15.2 Å². The molecule has 0 spiro atoms. The predicted molar refractivity (Wildman–Crippen MR) is 79.6 cm³/mol. The molecule has 1 aromatic rings. The minimum atomic E-state index is -4.43. The summed E-state index contributed by atoms with van der Waals surface area (Å²) in [6, 6.07) is 2.28. The molecule has 2 aliphatic heterocycles. The van der Waals surface area contributed by atoms with E-state index in [0.29, 0.717) is 44.9 Å². The van der Waals surface area contributed by atoms with Gasteiger partial charge in [0.05, 0.1) is 18.8 Å². The van der Waals surface area contributed by atoms with Crippen molar-refractivity contribution in [3.63, 3.8) is 0 Å². The molecule has 4 nitrogen and oxygen atoms in total. The fraction of sp³-hybridized carbons (Fsp3) is 0.625. The van der Waals surface area contributed by atoms with Crippen molar-refractivity contribution >= 4 is 0 Å². The highest BCUT2D eigenvalue weighted by molar-refractivity contribution is 5.50. The Hall–Kier alpha value is -1.47. The molecule has 2 heterocycles. The van der Waals surface area contributed by atoms with Gasteiger partial charge in [-0.1, -0.05) is 0 Å². The van der Waals surface area contributed by atoms with Crippen LogP contribution >= 0.6 is 0 Å². The second-order valence-corrected chi connectivity index (χ2v) is 6.23. The van der Waals surface area contributed by atoms with Gasteiger partial charge in [-0.05, 0) is 43.6 Å². The number of fused-ring (bicyclic) bond motifs is 1. The minimum Gasteiger partial charge on any atom is -0.490 e. The Morgan fingerprint density at radius 1 is 1.22 bits per heavy atom. The standard InChI is InChI=1S/C16H21F3N2O2/c1-21-9-10(8-20)5-13(21)11-6-14-15(23-4-2-3-22-14)7-12(11)16(17,18)19/h6-7,10,13H,2-5,8-9,20H2,1H3. The van der Waals surface area contributed by atoms with Crippen LogP contribution in [0.4, 0.5) is 13.2 Å². The lowest BCUT2D eigenvalue weighted by Crippen LogP contribution is -2.22. The van der Waals surface area contributed by atoms with E-state index < -0.39 is 11.7 Å². The van der Waals surface area contributed by atoms with E-state index in [-0.39, 0.29) is 23.3 Å². The van der Waals surface area contributed by atoms with Crippen molar-refractivity contribution in [1.82, 2.24) is 4.90 Å². The van der Waals surface area contributed by atoms with Crippen LogP contribution < -0.4 is 15.2 Å². The van der Waals surface area contributed by atoms with Crippen LogP contribution in [-0.4, -0.2) is 38.3 Å². The van der Waals surface area contributed by atoms with Gasteiger partial charge >= 0.3 is 6.18 Å². The van der Waals surface area contributed by atoms with Crippen molar-refractivity contribution in [2.75, 3.05) is 33.4 Å². The molecule has 2 atom stereocenters. The fourth-order valence-electron chi connectivity index (χ4n) is 3.39. The Bertz CT molecular complexity index is 577. The molecule has 2 unspecified atom stereocenters. The van der Waals surface area contributed by atoms with Crippen LogP contribution in [-0.2, 0) is 6.18 Å². The number of likely N-dealkylation sites (tertiary alicyclic amines) is 1. The fourth-order valence-corrected chi connectivity index (χ4v) is 3.39. The number of nitrogens with zero attached hydrogens (tertiary/aromatic N) is 1. The Morgan fingerprint density at radius 2 is 1.87 bits per heavy atom. The Morgan fingerprint density at radius 3 is 2.43 bits per heavy atom. The summed E-state index contributed by atoms with van der Waals surface area (Å²) < 4.78 is 51.6. The van der Waals surface area contributed by atoms with E-state index in [2.05, 4.69) is 0 Å². The van der Waals surface area contributed by atoms with E-state index in [9.17, 15) is 13.2 Å². The number of hydrogen-bond acceptors (Lipinski definition) is 4. The maximum atomic E-state index is 13.5. The monoisotopic (exact) mass is 330 g/mol. The van der Waals surface area contributed by atoms with Crippen molar-refractivity contribution in [2.45, 2.75) is 25.1 Å². The molecule has 1 saturated heterocycles. The lowest BCUT2D eigenvalue weighted by molar-refractivity contribution is -0.138. The topological polar surface area (TPSA) is 47.7 Å². The summed E-state index contributed by atoms with van der Waals surface area (Å²) in [6.45, 7) is 1.99. The highest BCUT2D eigenvalue weighted by Gasteiger charge is 2.40. The molecule has 3 rings (SSSR count). The first-order valence-corrected chi connectivity index (χ1v) is 7.81. The summed E-state index contributed by atoms with van der Waals surface area (Å²) in [5.74, 6) is 0.784. The van der Waals surface area contributed by atoms with Crippen molar-refractivity contribution in [3.05, 3.63) is 23.3 Å². The van der Waals surface area contributed by atoms with Crippen LogP contribution in [0.2, 0.25) is 0 Å². The van der Waals surface area contributed by atoms with Crippen molar-refractivity contribution < 1.29 is 22.6 Å². The van der Waals surface area contributed by atoms with Crippen LogP contribution in [0.25, 0.3) is 0 Å². The van der Waals surface area contributed by atoms with Crippen molar-refractivity contribution in [3.8, 4) is 11.5 Å². The highest BCUT2D eigenvalue weighted by atomic mass is 19.4. The van der Waals surface area contributed by atoms with E-state index in [1.54, 1.807) is 0 Å². The van der Waals surface area contributed by atoms with Crippen LogP contribution in [0.3, 0.4) is 0 Å². The first kappa shape index (κ1) is 16.4. The van der Waals surface area contributed by atoms with Gasteiger partial charge in [0.2, 0.25) is 0 Å². The van der Waals surface area contributed by atoms with E-state index in [0.717, 1.165) is 6.07 Å². The Kier molecular flexibility index (Phi) is 4.42. The lowest BCUT2D eigenvalue weighted by atomic mass is 9.94. The van der Waals surface area contributed by atoms with E-state index in [1.165, 1.54) is 6.07 Å². The van der Waals surface area contributed by atoms with Gasteiger partial charge in [0, 0.05) is 19.0 Å². The molecule has 2 aliphatic rings. The smallest absolute Gasteiger partial charge is 0.416 e. The Labute approximate surface area is 133 Å². The van der Waals surface area contributed by atoms with E-state index >= 15 is 0 Å². The summed E-state index contributed by atoms with van der Waals surface area (Å²) in [6.07, 6.45) is -3.15. The zero-order valence-corrected chi connectivity index (χ0v) is 13.0. The van der Waals surface area contributed by atoms with Gasteiger partial charge in [-0.2, -0.15) is 13.2 Å². The third kappa shape index (κ3) is 3.26. The van der Waals surface area contributed by atoms with Gasteiger partial charge in [-0.25, -0.2) is 0 Å². The lowest BCUT2D eigenvalue weighted by Gasteiger charge is -2.25. The first-order valence-electron chi connectivity index (χ1n) is 7.81. The minimum absolute atomic E-state index is 0.176. The molecule has 0 bridgehead atoms. The van der Waals surface area contributed by atoms with Gasteiger partial charge in [0.25, 0.3) is 0 Å². The van der Waals surface area contributed by atoms with Gasteiger partial charge in [-0.3, -0.25) is 4.90 Å². The molecule has 1 fully saturated rings. The third-order valence-corrected chi connectivity index (χ3v) is 4.55. The molecule has 0 aromatic heterocycles. The molecule has 7 heteroatoms. The van der Waals surface area contributed by atoms with Gasteiger partial charge in [0.1, 0.15) is 0 Å². The molecule has 0 radical (unpaired) electrons. The van der Waals surface area contributed by atoms with Crippen LogP contribution in [0.1, 0.15) is 30.0 Å². The number of benzene rings is 1. The predicted octanol–water partition coefficient (Wildman–Crippen LogP) is 2.82. The summed E-state index contributed by atoms with van der Waals surface area (Å²) in [5.41, 5.74) is 5.31. The van der Waals surface area contributed by atoms with Crippen LogP contribution in [0.5, 0.6) is 11.5 Å². The summed E-state index contributed by atoms with van der Waals surface area (Å²) in [5, 5.41) is 0. The number of rotatable bonds is 2. The van der Waals surface area contributed by atoms with E-state index in [1.807, 2.05) is 11.9 Å². The SMILES string of the molecule is CN1CC(CN)CC1c1cc2c(cc1C(F)(F)F)OCCCO2. The van der Waals surface area contributed by atoms with Crippen LogP contribution in [0, 0.1) is 5.92 Å². The number of hydrogen-bond donors (Lipinski definition) is 1. The molecule has 0 saturated carbocycles. The Balaban J connectivity index is 2.05. The maximum absolute atomic E-state index is 13.5. The van der Waals surface area contributed by atoms with Crippen molar-refractivity contribution in [1.29, 1.82) is 0 Å². The summed E-state index contributed by atoms with van der Waals surface area (Å²) in [7, 11) is 1.84. The first-order chi connectivity index (χ1) is 10.9. The average molecular weight is 330 g/mol. The van der Waals surface area contributed by atoms with Gasteiger partial charge in [0.15, 0.2) is 11.5 Å². The number of alkyl halides is 3. The zero-order chi connectivity index (χ0) is 16.6. The number of halogens is 3. The normalized spacial score (nSPS) is 25.4. The second-order valence-electron chi connectivity index (χ2n) is 6.23. The number of ether oxygens (including phenoxy) is 2. The molecule has 2 N–H and O–H groups in total. The molecule has 23 heavy (non-hydrogen) atoms. The summed E-state index contributed by atoms with van der Waals surface area (Å²) >= 11 is 0. The second kappa shape index (κ2) is 6.20. The largest absolute Gasteiger partial charge is 0.490 e. The molecule has 0 amide bonds. The maximum Gasteiger partial charge on any atom is 0.416 e. The van der Waals surface area contributed by atoms with Crippen molar-refractivity contribution in [2.24, 2.45) is 11.7 Å². The quantitative estimate of drug-likeness (QED) is 0.906. The molecule has 128 valence electrons. The van der Waals surface area contributed by atoms with E-state index in [4.69, 9.17) is 15.2 Å². The average Bonchev–Trinajstić information content (AvgIpc) is 2.72. The zero-order valence-electron chi connectivity index (χ0n) is 13.0. The molecule has 0 aliphatic carbocycles. The third-order valence-electron chi connectivity index (χ3n) is 4.55. The number of nitrogens with two attached hydrogens (primary N) is 1. The summed E-state index contributed by atoms with van der Waals surface area (Å²) in [4.78, 5) is 1.94.